The molecule has 2 rings (SSSR count). The second kappa shape index (κ2) is 5.96. The minimum atomic E-state index is -0.304. The molecule has 0 saturated carbocycles. The number of hydrogen-bond donors (Lipinski definition) is 1. The summed E-state index contributed by atoms with van der Waals surface area (Å²) in [4.78, 5) is 0. The Morgan fingerprint density at radius 1 is 1.25 bits per heavy atom. The van der Waals surface area contributed by atoms with Gasteiger partial charge < -0.3 is 15.2 Å². The van der Waals surface area contributed by atoms with Crippen molar-refractivity contribution in [2.45, 2.75) is 26.4 Å². The molecule has 0 bridgehead atoms. The van der Waals surface area contributed by atoms with Crippen molar-refractivity contribution in [3.8, 4) is 11.5 Å². The monoisotopic (exact) mass is 275 g/mol. The van der Waals surface area contributed by atoms with Gasteiger partial charge in [0.05, 0.1) is 31.6 Å². The molecule has 0 spiro atoms. The first-order valence-corrected chi connectivity index (χ1v) is 6.62. The van der Waals surface area contributed by atoms with E-state index < -0.39 is 0 Å². The van der Waals surface area contributed by atoms with Gasteiger partial charge in [-0.2, -0.15) is 5.10 Å². The van der Waals surface area contributed by atoms with E-state index in [1.807, 2.05) is 42.8 Å². The van der Waals surface area contributed by atoms with Gasteiger partial charge in [-0.1, -0.05) is 0 Å². The van der Waals surface area contributed by atoms with Crippen LogP contribution in [0.5, 0.6) is 11.5 Å². The highest BCUT2D eigenvalue weighted by atomic mass is 16.5. The third-order valence-electron chi connectivity index (χ3n) is 3.32. The highest BCUT2D eigenvalue weighted by molar-refractivity contribution is 5.45. The first kappa shape index (κ1) is 14.4. The molecule has 2 aromatic rings. The van der Waals surface area contributed by atoms with Crippen LogP contribution < -0.4 is 15.2 Å². The maximum Gasteiger partial charge on any atom is 0.124 e. The first-order valence-electron chi connectivity index (χ1n) is 6.62. The third kappa shape index (κ3) is 2.63. The highest BCUT2D eigenvalue weighted by Gasteiger charge is 2.19. The minimum absolute atomic E-state index is 0.304. The largest absolute Gasteiger partial charge is 0.497 e. The lowest BCUT2D eigenvalue weighted by atomic mass is 10.0. The molecule has 1 aromatic carbocycles. The van der Waals surface area contributed by atoms with Gasteiger partial charge in [-0.15, -0.1) is 0 Å². The predicted molar refractivity (Wildman–Crippen MR) is 78.2 cm³/mol. The minimum Gasteiger partial charge on any atom is -0.497 e. The Hall–Kier alpha value is -2.01. The summed E-state index contributed by atoms with van der Waals surface area (Å²) in [6.45, 7) is 4.79. The Kier molecular flexibility index (Phi) is 4.29. The molecule has 1 heterocycles. The topological polar surface area (TPSA) is 62.3 Å². The quantitative estimate of drug-likeness (QED) is 0.909. The molecule has 108 valence electrons. The van der Waals surface area contributed by atoms with Gasteiger partial charge in [-0.25, -0.2) is 0 Å². The van der Waals surface area contributed by atoms with E-state index in [4.69, 9.17) is 15.2 Å². The molecule has 1 unspecified atom stereocenters. The van der Waals surface area contributed by atoms with Gasteiger partial charge in [0, 0.05) is 12.1 Å². The summed E-state index contributed by atoms with van der Waals surface area (Å²) < 4.78 is 12.6. The second-order valence-electron chi connectivity index (χ2n) is 4.61. The van der Waals surface area contributed by atoms with Gasteiger partial charge in [-0.3, -0.25) is 4.68 Å². The van der Waals surface area contributed by atoms with Crippen molar-refractivity contribution in [3.05, 3.63) is 41.2 Å². The van der Waals surface area contributed by atoms with E-state index in [1.165, 1.54) is 0 Å². The van der Waals surface area contributed by atoms with Gasteiger partial charge in [-0.05, 0) is 38.1 Å². The normalized spacial score (nSPS) is 12.2. The summed E-state index contributed by atoms with van der Waals surface area (Å²) in [5, 5.41) is 4.44. The Labute approximate surface area is 119 Å². The van der Waals surface area contributed by atoms with Crippen molar-refractivity contribution in [2.24, 2.45) is 5.73 Å². The number of nitrogens with zero attached hydrogens (tertiary/aromatic N) is 2. The molecule has 0 radical (unpaired) electrons. The molecular formula is C15H21N3O2. The third-order valence-corrected chi connectivity index (χ3v) is 3.32. The molecule has 1 aromatic heterocycles. The molecule has 0 amide bonds. The van der Waals surface area contributed by atoms with E-state index in [0.29, 0.717) is 0 Å². The van der Waals surface area contributed by atoms with E-state index in [-0.39, 0.29) is 6.04 Å². The number of hydrogen-bond acceptors (Lipinski definition) is 4. The standard InChI is InChI=1S/C15H21N3O2/c1-5-18-13(8-10(2)17-18)15(16)12-9-11(19-3)6-7-14(12)20-4/h6-9,15H,5,16H2,1-4H3. The van der Waals surface area contributed by atoms with Crippen LogP contribution in [-0.2, 0) is 6.54 Å². The van der Waals surface area contributed by atoms with Crippen LogP contribution in [0, 0.1) is 6.92 Å². The Balaban J connectivity index is 2.48. The van der Waals surface area contributed by atoms with Crippen LogP contribution >= 0.6 is 0 Å². The number of benzene rings is 1. The van der Waals surface area contributed by atoms with Crippen molar-refractivity contribution >= 4 is 0 Å². The van der Waals surface area contributed by atoms with Crippen molar-refractivity contribution in [1.29, 1.82) is 0 Å². The fourth-order valence-corrected chi connectivity index (χ4v) is 2.31. The van der Waals surface area contributed by atoms with Crippen LogP contribution in [0.4, 0.5) is 0 Å². The van der Waals surface area contributed by atoms with Crippen LogP contribution in [0.25, 0.3) is 0 Å². The number of methoxy groups -OCH3 is 2. The van der Waals surface area contributed by atoms with E-state index in [1.54, 1.807) is 14.2 Å². The molecule has 1 atom stereocenters. The van der Waals surface area contributed by atoms with E-state index in [0.717, 1.165) is 35.0 Å². The van der Waals surface area contributed by atoms with Crippen molar-refractivity contribution in [2.75, 3.05) is 14.2 Å². The summed E-state index contributed by atoms with van der Waals surface area (Å²) >= 11 is 0. The SMILES string of the molecule is CCn1nc(C)cc1C(N)c1cc(OC)ccc1OC. The number of rotatable bonds is 5. The zero-order valence-corrected chi connectivity index (χ0v) is 12.4. The molecule has 0 saturated heterocycles. The van der Waals surface area contributed by atoms with E-state index in [9.17, 15) is 0 Å². The highest BCUT2D eigenvalue weighted by Crippen LogP contribution is 2.31. The summed E-state index contributed by atoms with van der Waals surface area (Å²) in [6, 6.07) is 7.34. The maximum atomic E-state index is 6.41. The fourth-order valence-electron chi connectivity index (χ4n) is 2.31. The Morgan fingerprint density at radius 3 is 2.60 bits per heavy atom. The Morgan fingerprint density at radius 2 is 2.00 bits per heavy atom. The number of aromatic nitrogens is 2. The van der Waals surface area contributed by atoms with Crippen molar-refractivity contribution < 1.29 is 9.47 Å². The summed E-state index contributed by atoms with van der Waals surface area (Å²) in [5.74, 6) is 1.51. The summed E-state index contributed by atoms with van der Waals surface area (Å²) in [6.07, 6.45) is 0. The smallest absolute Gasteiger partial charge is 0.124 e. The van der Waals surface area contributed by atoms with E-state index >= 15 is 0 Å². The average Bonchev–Trinajstić information content (AvgIpc) is 2.86. The van der Waals surface area contributed by atoms with Crippen LogP contribution in [-0.4, -0.2) is 24.0 Å². The molecule has 0 aliphatic heterocycles. The maximum absolute atomic E-state index is 6.41. The average molecular weight is 275 g/mol. The van der Waals surface area contributed by atoms with E-state index in [2.05, 4.69) is 5.10 Å². The molecule has 0 fully saturated rings. The molecule has 5 nitrogen and oxygen atoms in total. The predicted octanol–water partition coefficient (Wildman–Crippen LogP) is 2.28. The summed E-state index contributed by atoms with van der Waals surface area (Å²) in [7, 11) is 3.28. The van der Waals surface area contributed by atoms with Gasteiger partial charge in [0.15, 0.2) is 0 Å². The van der Waals surface area contributed by atoms with Crippen LogP contribution in [0.1, 0.15) is 29.9 Å². The van der Waals surface area contributed by atoms with Gasteiger partial charge in [0.2, 0.25) is 0 Å². The van der Waals surface area contributed by atoms with Crippen LogP contribution in [0.15, 0.2) is 24.3 Å². The second-order valence-corrected chi connectivity index (χ2v) is 4.61. The lowest BCUT2D eigenvalue weighted by Gasteiger charge is -2.17. The zero-order valence-electron chi connectivity index (χ0n) is 12.4. The van der Waals surface area contributed by atoms with Crippen LogP contribution in [0.3, 0.4) is 0 Å². The molecule has 20 heavy (non-hydrogen) atoms. The van der Waals surface area contributed by atoms with Crippen LogP contribution in [0.2, 0.25) is 0 Å². The fraction of sp³-hybridized carbons (Fsp3) is 0.400. The molecule has 0 aliphatic carbocycles. The molecule has 5 heteroatoms. The lowest BCUT2D eigenvalue weighted by molar-refractivity contribution is 0.396. The molecule has 0 aliphatic rings. The van der Waals surface area contributed by atoms with Gasteiger partial charge in [0.1, 0.15) is 11.5 Å². The lowest BCUT2D eigenvalue weighted by Crippen LogP contribution is -2.18. The van der Waals surface area contributed by atoms with Gasteiger partial charge >= 0.3 is 0 Å². The molecule has 2 N–H and O–H groups in total. The Bertz CT molecular complexity index is 593. The summed E-state index contributed by atoms with van der Waals surface area (Å²) in [5.41, 5.74) is 9.23. The van der Waals surface area contributed by atoms with Crippen molar-refractivity contribution in [1.82, 2.24) is 9.78 Å². The number of aryl methyl sites for hydroxylation is 2. The first-order chi connectivity index (χ1) is 9.60. The zero-order chi connectivity index (χ0) is 14.7. The van der Waals surface area contributed by atoms with Crippen molar-refractivity contribution in [3.63, 3.8) is 0 Å². The molecular weight excluding hydrogens is 254 g/mol. The number of nitrogens with two attached hydrogens (primary N) is 1. The number of ether oxygens (including phenoxy) is 2. The van der Waals surface area contributed by atoms with Gasteiger partial charge in [0.25, 0.3) is 0 Å².